The highest BCUT2D eigenvalue weighted by atomic mass is 35.5. The highest BCUT2D eigenvalue weighted by molar-refractivity contribution is 6.65. The van der Waals surface area contributed by atoms with Crippen LogP contribution < -0.4 is 5.32 Å². The Morgan fingerprint density at radius 2 is 1.81 bits per heavy atom. The normalized spacial score (nSPS) is 17.8. The second-order valence-electron chi connectivity index (χ2n) is 8.05. The Hall–Kier alpha value is -2.10. The van der Waals surface area contributed by atoms with Crippen LogP contribution in [-0.4, -0.2) is 49.0 Å². The lowest BCUT2D eigenvalue weighted by atomic mass is 9.76. The van der Waals surface area contributed by atoms with Gasteiger partial charge in [0.1, 0.15) is 0 Å². The molecule has 0 aromatic heterocycles. The smallest absolute Gasteiger partial charge is 0.369 e. The second kappa shape index (κ2) is 16.0. The van der Waals surface area contributed by atoms with Crippen LogP contribution in [0.2, 0.25) is 0 Å². The maximum Gasteiger partial charge on any atom is 0.398 e. The predicted octanol–water partition coefficient (Wildman–Crippen LogP) is 7.93. The third-order valence-corrected chi connectivity index (χ3v) is 5.80. The van der Waals surface area contributed by atoms with E-state index in [4.69, 9.17) is 16.4 Å². The molecule has 1 amide bonds. The van der Waals surface area contributed by atoms with Crippen molar-refractivity contribution in [3.8, 4) is 0 Å². The maximum absolute atomic E-state index is 14.1. The van der Waals surface area contributed by atoms with Gasteiger partial charge in [0.05, 0.1) is 17.7 Å². The number of hydrogen-bond acceptors (Lipinski definition) is 4. The fourth-order valence-corrected chi connectivity index (χ4v) is 3.46. The summed E-state index contributed by atoms with van der Waals surface area (Å²) in [6.45, 7) is 5.22. The zero-order valence-corrected chi connectivity index (χ0v) is 24.0. The Kier molecular flexibility index (Phi) is 15.1. The summed E-state index contributed by atoms with van der Waals surface area (Å²) >= 11 is 15.0. The number of nitrogens with zero attached hydrogens (tertiary/aromatic N) is 2. The van der Waals surface area contributed by atoms with Gasteiger partial charge in [-0.15, -0.1) is 23.2 Å². The number of aliphatic imine (C=N–C) groups is 1. The molecule has 1 aromatic rings. The molecule has 0 fully saturated rings. The average molecular weight is 589 g/mol. The molecule has 1 heterocycles. The molecule has 1 aliphatic heterocycles. The van der Waals surface area contributed by atoms with Crippen LogP contribution in [0.4, 0.5) is 17.6 Å². The highest BCUT2D eigenvalue weighted by Gasteiger charge is 2.52. The monoisotopic (exact) mass is 587 g/mol. The number of alkyl halides is 5. The zero-order chi connectivity index (χ0) is 29.0. The van der Waals surface area contributed by atoms with Gasteiger partial charge >= 0.3 is 6.18 Å². The van der Waals surface area contributed by atoms with Crippen LogP contribution in [0.5, 0.6) is 0 Å². The van der Waals surface area contributed by atoms with E-state index in [1.807, 2.05) is 0 Å². The van der Waals surface area contributed by atoms with Crippen molar-refractivity contribution in [1.29, 1.82) is 0 Å². The summed E-state index contributed by atoms with van der Waals surface area (Å²) in [4.78, 5) is 21.6. The van der Waals surface area contributed by atoms with E-state index in [1.54, 1.807) is 19.1 Å². The van der Waals surface area contributed by atoms with Gasteiger partial charge in [-0.05, 0) is 57.0 Å². The number of oxime groups is 1. The standard InChI is InChI=1S/C23H26ClF4N3O2.2CH3Cl/c1-13-10-16(8-9-17(13)21(32)30-20-11-19(24)31-33-20)18(29-5)12-22(4,23(26,27)28)14(2)6-7-15(3)25;2*1-2/h6-10,20H,11-12H2,1-5H3,(H,30,32);2*1H3/b14-6+,15-7+,29-18?;;. The molecule has 2 atom stereocenters. The minimum atomic E-state index is -4.60. The van der Waals surface area contributed by atoms with E-state index in [0.29, 0.717) is 16.7 Å². The fourth-order valence-electron chi connectivity index (χ4n) is 3.28. The summed E-state index contributed by atoms with van der Waals surface area (Å²) in [6.07, 6.45) is -0.397. The fraction of sp³-hybridized carbons (Fsp3) is 0.480. The van der Waals surface area contributed by atoms with E-state index < -0.39 is 36.0 Å². The minimum Gasteiger partial charge on any atom is -0.369 e. The number of benzene rings is 1. The van der Waals surface area contributed by atoms with Gasteiger partial charge in [0.25, 0.3) is 5.91 Å². The van der Waals surface area contributed by atoms with Crippen LogP contribution in [0.25, 0.3) is 0 Å². The molecule has 208 valence electrons. The second-order valence-corrected chi connectivity index (χ2v) is 8.49. The lowest BCUT2D eigenvalue weighted by molar-refractivity contribution is -0.201. The molecule has 0 bridgehead atoms. The summed E-state index contributed by atoms with van der Waals surface area (Å²) in [5.74, 6) is -1.02. The lowest BCUT2D eigenvalue weighted by Crippen LogP contribution is -2.38. The molecule has 0 radical (unpaired) electrons. The van der Waals surface area contributed by atoms with Crippen molar-refractivity contribution in [3.63, 3.8) is 0 Å². The molecule has 0 saturated heterocycles. The molecule has 5 nitrogen and oxygen atoms in total. The van der Waals surface area contributed by atoms with Crippen LogP contribution >= 0.6 is 34.8 Å². The van der Waals surface area contributed by atoms with E-state index in [1.165, 1.54) is 32.8 Å². The molecule has 2 rings (SSSR count). The Bertz CT molecular complexity index is 1040. The first-order chi connectivity index (χ1) is 17.3. The number of amides is 1. The van der Waals surface area contributed by atoms with Crippen LogP contribution in [0.3, 0.4) is 0 Å². The van der Waals surface area contributed by atoms with E-state index in [0.717, 1.165) is 26.0 Å². The van der Waals surface area contributed by atoms with Crippen molar-refractivity contribution >= 4 is 51.6 Å². The molecule has 1 N–H and O–H groups in total. The molecule has 0 aliphatic carbocycles. The van der Waals surface area contributed by atoms with Crippen LogP contribution in [0.1, 0.15) is 55.1 Å². The van der Waals surface area contributed by atoms with Crippen LogP contribution in [-0.2, 0) is 4.84 Å². The Morgan fingerprint density at radius 3 is 2.24 bits per heavy atom. The van der Waals surface area contributed by atoms with Gasteiger partial charge in [-0.1, -0.05) is 34.5 Å². The molecule has 0 saturated carbocycles. The molecular formula is C25H32Cl3F4N3O2. The molecule has 1 aromatic carbocycles. The van der Waals surface area contributed by atoms with Gasteiger partial charge in [-0.2, -0.15) is 13.2 Å². The average Bonchev–Trinajstić information content (AvgIpc) is 3.26. The summed E-state index contributed by atoms with van der Waals surface area (Å²) in [7, 11) is 1.41. The molecule has 12 heteroatoms. The first kappa shape index (κ1) is 34.9. The van der Waals surface area contributed by atoms with Gasteiger partial charge in [0, 0.05) is 37.5 Å². The third-order valence-electron chi connectivity index (χ3n) is 5.58. The largest absolute Gasteiger partial charge is 0.398 e. The van der Waals surface area contributed by atoms with Crippen molar-refractivity contribution in [3.05, 3.63) is 58.4 Å². The van der Waals surface area contributed by atoms with Gasteiger partial charge in [0.15, 0.2) is 5.17 Å². The van der Waals surface area contributed by atoms with Gasteiger partial charge in [-0.3, -0.25) is 9.79 Å². The van der Waals surface area contributed by atoms with Gasteiger partial charge in [-0.25, -0.2) is 4.39 Å². The third kappa shape index (κ3) is 9.94. The summed E-state index contributed by atoms with van der Waals surface area (Å²) in [5, 5.41) is 6.44. The first-order valence-electron chi connectivity index (χ1n) is 10.9. The van der Waals surface area contributed by atoms with Crippen molar-refractivity contribution in [2.24, 2.45) is 15.6 Å². The summed E-state index contributed by atoms with van der Waals surface area (Å²) in [6, 6.07) is 4.67. The highest BCUT2D eigenvalue weighted by Crippen LogP contribution is 2.47. The quantitative estimate of drug-likeness (QED) is 0.152. The molecular weight excluding hydrogens is 557 g/mol. The number of allylic oxidation sites excluding steroid dienone is 4. The SMILES string of the molecule is CCl.CCl.CN=C(CC(C)(/C(C)=C/C=C(\C)F)C(F)(F)F)c1ccc(C(=O)NC2CC(Cl)=NO2)c(C)c1. The molecule has 1 aliphatic rings. The maximum atomic E-state index is 14.1. The number of carbonyl (C=O) groups excluding carboxylic acids is 1. The molecule has 2 unspecified atom stereocenters. The van der Waals surface area contributed by atoms with Crippen LogP contribution in [0, 0.1) is 12.3 Å². The van der Waals surface area contributed by atoms with E-state index in [-0.39, 0.29) is 22.9 Å². The van der Waals surface area contributed by atoms with Gasteiger partial charge in [0.2, 0.25) is 6.23 Å². The predicted molar refractivity (Wildman–Crippen MR) is 145 cm³/mol. The van der Waals surface area contributed by atoms with E-state index in [9.17, 15) is 22.4 Å². The topological polar surface area (TPSA) is 63.0 Å². The lowest BCUT2D eigenvalue weighted by Gasteiger charge is -2.33. The Morgan fingerprint density at radius 1 is 1.22 bits per heavy atom. The first-order valence-corrected chi connectivity index (χ1v) is 12.8. The number of hydrogen-bond donors (Lipinski definition) is 1. The summed E-state index contributed by atoms with van der Waals surface area (Å²) in [5.41, 5.74) is -0.768. The summed E-state index contributed by atoms with van der Waals surface area (Å²) < 4.78 is 55.3. The van der Waals surface area contributed by atoms with E-state index in [2.05, 4.69) is 38.7 Å². The van der Waals surface area contributed by atoms with E-state index >= 15 is 0 Å². The van der Waals surface area contributed by atoms with Crippen molar-refractivity contribution in [1.82, 2.24) is 5.32 Å². The number of halogens is 7. The Labute approximate surface area is 230 Å². The zero-order valence-electron chi connectivity index (χ0n) is 21.7. The minimum absolute atomic E-state index is 0.0432. The van der Waals surface area contributed by atoms with Gasteiger partial charge < -0.3 is 10.2 Å². The molecule has 37 heavy (non-hydrogen) atoms. The van der Waals surface area contributed by atoms with Crippen molar-refractivity contribution < 1.29 is 27.2 Å². The van der Waals surface area contributed by atoms with Crippen molar-refractivity contribution in [2.75, 3.05) is 19.8 Å². The number of nitrogens with one attached hydrogen (secondary N) is 1. The molecule has 0 spiro atoms. The number of carbonyl (C=O) groups is 1. The number of rotatable bonds is 7. The number of aryl methyl sites for hydroxylation is 1. The Balaban J connectivity index is 0.00000308. The van der Waals surface area contributed by atoms with Crippen molar-refractivity contribution in [2.45, 2.75) is 52.9 Å². The van der Waals surface area contributed by atoms with Crippen LogP contribution in [0.15, 0.2) is 51.9 Å².